The normalized spacial score (nSPS) is 11.8. The molecule has 0 bridgehead atoms. The second-order valence-electron chi connectivity index (χ2n) is 5.98. The number of carbonyl (C=O) groups is 1. The average molecular weight is 371 g/mol. The van der Waals surface area contributed by atoms with Gasteiger partial charge in [-0.25, -0.2) is 0 Å². The molecule has 0 saturated heterocycles. The number of hydrogen-bond acceptors (Lipinski definition) is 4. The Morgan fingerprint density at radius 2 is 1.96 bits per heavy atom. The fourth-order valence-electron chi connectivity index (χ4n) is 2.65. The number of amides is 1. The number of para-hydroxylation sites is 2. The zero-order valence-corrected chi connectivity index (χ0v) is 16.4. The zero-order valence-electron chi connectivity index (χ0n) is 15.6. The van der Waals surface area contributed by atoms with Gasteiger partial charge in [0.15, 0.2) is 0 Å². The highest BCUT2D eigenvalue weighted by Gasteiger charge is 2.18. The van der Waals surface area contributed by atoms with Gasteiger partial charge in [-0.05, 0) is 32.2 Å². The molecule has 1 amide bonds. The Bertz CT molecular complexity index is 748. The fraction of sp³-hybridized carbons (Fsp3) is 0.286. The molecule has 2 aromatic rings. The lowest BCUT2D eigenvalue weighted by atomic mass is 10.1. The fourth-order valence-corrected chi connectivity index (χ4v) is 3.39. The number of methoxy groups -OCH3 is 1. The number of carbonyl (C=O) groups excluding carboxylic acids is 1. The van der Waals surface area contributed by atoms with Crippen molar-refractivity contribution in [3.8, 4) is 5.75 Å². The molecule has 1 atom stereocenters. The standard InChI is InChI=1S/C21H26N2O2S/c1-5-14-26-20-13-9-7-11-18(20)22-21(24)15-23(3)16(2)17-10-6-8-12-19(17)25-4/h5-13,16H,1,14-15H2,2-4H3,(H,22,24)/t16-/m0/s1. The third-order valence-corrected chi connectivity index (χ3v) is 5.23. The summed E-state index contributed by atoms with van der Waals surface area (Å²) in [6.07, 6.45) is 1.85. The molecule has 26 heavy (non-hydrogen) atoms. The van der Waals surface area contributed by atoms with Crippen molar-refractivity contribution in [1.29, 1.82) is 0 Å². The lowest BCUT2D eigenvalue weighted by Gasteiger charge is -2.26. The maximum Gasteiger partial charge on any atom is 0.238 e. The van der Waals surface area contributed by atoms with E-state index in [1.165, 1.54) is 0 Å². The van der Waals surface area contributed by atoms with Crippen LogP contribution in [0.1, 0.15) is 18.5 Å². The molecule has 0 aliphatic heterocycles. The largest absolute Gasteiger partial charge is 0.496 e. The van der Waals surface area contributed by atoms with Crippen molar-refractivity contribution in [2.24, 2.45) is 0 Å². The Morgan fingerprint density at radius 3 is 2.69 bits per heavy atom. The maximum atomic E-state index is 12.5. The van der Waals surface area contributed by atoms with Crippen molar-refractivity contribution >= 4 is 23.4 Å². The van der Waals surface area contributed by atoms with Crippen LogP contribution in [0.15, 0.2) is 66.1 Å². The van der Waals surface area contributed by atoms with E-state index in [1.807, 2.05) is 66.6 Å². The van der Waals surface area contributed by atoms with Gasteiger partial charge in [-0.1, -0.05) is 36.4 Å². The zero-order chi connectivity index (χ0) is 18.9. The number of ether oxygens (including phenoxy) is 1. The van der Waals surface area contributed by atoms with E-state index in [9.17, 15) is 4.79 Å². The van der Waals surface area contributed by atoms with E-state index in [1.54, 1.807) is 18.9 Å². The minimum absolute atomic E-state index is 0.0408. The van der Waals surface area contributed by atoms with Gasteiger partial charge in [-0.2, -0.15) is 0 Å². The van der Waals surface area contributed by atoms with E-state index in [4.69, 9.17) is 4.74 Å². The predicted molar refractivity (Wildman–Crippen MR) is 110 cm³/mol. The summed E-state index contributed by atoms with van der Waals surface area (Å²) in [7, 11) is 3.60. The van der Waals surface area contributed by atoms with E-state index in [0.717, 1.165) is 27.6 Å². The molecule has 0 radical (unpaired) electrons. The molecule has 2 rings (SSSR count). The van der Waals surface area contributed by atoms with E-state index in [0.29, 0.717) is 6.54 Å². The van der Waals surface area contributed by atoms with Crippen LogP contribution >= 0.6 is 11.8 Å². The number of nitrogens with zero attached hydrogens (tertiary/aromatic N) is 1. The van der Waals surface area contributed by atoms with E-state index in [-0.39, 0.29) is 11.9 Å². The highest BCUT2D eigenvalue weighted by Crippen LogP contribution is 2.29. The Morgan fingerprint density at radius 1 is 1.27 bits per heavy atom. The molecule has 0 aliphatic carbocycles. The first kappa shape index (κ1) is 20.1. The first-order valence-electron chi connectivity index (χ1n) is 8.52. The van der Waals surface area contributed by atoms with E-state index in [2.05, 4.69) is 18.8 Å². The second-order valence-corrected chi connectivity index (χ2v) is 7.04. The molecule has 0 spiro atoms. The summed E-state index contributed by atoms with van der Waals surface area (Å²) in [4.78, 5) is 15.6. The highest BCUT2D eigenvalue weighted by molar-refractivity contribution is 7.99. The van der Waals surface area contributed by atoms with Gasteiger partial charge in [0.2, 0.25) is 5.91 Å². The van der Waals surface area contributed by atoms with Crippen LogP contribution < -0.4 is 10.1 Å². The summed E-state index contributed by atoms with van der Waals surface area (Å²) >= 11 is 1.65. The number of rotatable bonds is 9. The molecule has 0 aromatic heterocycles. The van der Waals surface area contributed by atoms with Crippen LogP contribution in [0.2, 0.25) is 0 Å². The lowest BCUT2D eigenvalue weighted by molar-refractivity contribution is -0.117. The third-order valence-electron chi connectivity index (χ3n) is 4.16. The van der Waals surface area contributed by atoms with Crippen LogP contribution in [-0.2, 0) is 4.79 Å². The topological polar surface area (TPSA) is 41.6 Å². The molecular weight excluding hydrogens is 344 g/mol. The van der Waals surface area contributed by atoms with Crippen LogP contribution in [0, 0.1) is 0 Å². The summed E-state index contributed by atoms with van der Waals surface area (Å²) in [5.74, 6) is 1.59. The van der Waals surface area contributed by atoms with Crippen molar-refractivity contribution in [3.63, 3.8) is 0 Å². The molecule has 0 saturated carbocycles. The summed E-state index contributed by atoms with van der Waals surface area (Å²) in [6.45, 7) is 6.10. The number of nitrogens with one attached hydrogen (secondary N) is 1. The summed E-state index contributed by atoms with van der Waals surface area (Å²) in [5.41, 5.74) is 1.90. The number of benzene rings is 2. The van der Waals surface area contributed by atoms with Crippen molar-refractivity contribution in [2.45, 2.75) is 17.9 Å². The Hall–Kier alpha value is -2.24. The van der Waals surface area contributed by atoms with Gasteiger partial charge in [-0.15, -0.1) is 18.3 Å². The van der Waals surface area contributed by atoms with Crippen LogP contribution in [0.25, 0.3) is 0 Å². The smallest absolute Gasteiger partial charge is 0.238 e. The number of hydrogen-bond donors (Lipinski definition) is 1. The van der Waals surface area contributed by atoms with Gasteiger partial charge in [0.25, 0.3) is 0 Å². The molecule has 138 valence electrons. The quantitative estimate of drug-likeness (QED) is 0.517. The SMILES string of the molecule is C=CCSc1ccccc1NC(=O)CN(C)[C@@H](C)c1ccccc1OC. The van der Waals surface area contributed by atoms with E-state index < -0.39 is 0 Å². The van der Waals surface area contributed by atoms with Crippen molar-refractivity contribution in [1.82, 2.24) is 4.90 Å². The monoisotopic (exact) mass is 370 g/mol. The third kappa shape index (κ3) is 5.38. The molecule has 1 N–H and O–H groups in total. The molecule has 5 heteroatoms. The Balaban J connectivity index is 2.02. The van der Waals surface area contributed by atoms with E-state index >= 15 is 0 Å². The molecule has 0 aliphatic rings. The maximum absolute atomic E-state index is 12.5. The van der Waals surface area contributed by atoms with Gasteiger partial charge in [0.05, 0.1) is 19.3 Å². The summed E-state index contributed by atoms with van der Waals surface area (Å²) in [5, 5.41) is 3.02. The van der Waals surface area contributed by atoms with Crippen molar-refractivity contribution in [2.75, 3.05) is 31.8 Å². The van der Waals surface area contributed by atoms with Gasteiger partial charge >= 0.3 is 0 Å². The second kappa shape index (κ2) is 10.0. The molecule has 0 heterocycles. The number of anilines is 1. The first-order chi connectivity index (χ1) is 12.6. The Kier molecular flexibility index (Phi) is 7.75. The summed E-state index contributed by atoms with van der Waals surface area (Å²) in [6, 6.07) is 15.8. The number of likely N-dealkylation sites (N-methyl/N-ethyl adjacent to an activating group) is 1. The minimum Gasteiger partial charge on any atom is -0.496 e. The molecule has 0 unspecified atom stereocenters. The van der Waals surface area contributed by atoms with Crippen molar-refractivity contribution in [3.05, 3.63) is 66.7 Å². The van der Waals surface area contributed by atoms with Gasteiger partial charge < -0.3 is 10.1 Å². The van der Waals surface area contributed by atoms with Crippen LogP contribution in [0.3, 0.4) is 0 Å². The Labute approximate surface area is 160 Å². The van der Waals surface area contributed by atoms with Crippen LogP contribution in [-0.4, -0.2) is 37.3 Å². The summed E-state index contributed by atoms with van der Waals surface area (Å²) < 4.78 is 5.43. The molecular formula is C21H26N2O2S. The molecule has 2 aromatic carbocycles. The van der Waals surface area contributed by atoms with Crippen LogP contribution in [0.5, 0.6) is 5.75 Å². The lowest BCUT2D eigenvalue weighted by Crippen LogP contribution is -2.32. The van der Waals surface area contributed by atoms with Gasteiger partial charge in [-0.3, -0.25) is 9.69 Å². The van der Waals surface area contributed by atoms with Crippen molar-refractivity contribution < 1.29 is 9.53 Å². The molecule has 4 nitrogen and oxygen atoms in total. The van der Waals surface area contributed by atoms with Gasteiger partial charge in [0, 0.05) is 22.3 Å². The minimum atomic E-state index is -0.0408. The average Bonchev–Trinajstić information content (AvgIpc) is 2.66. The first-order valence-corrected chi connectivity index (χ1v) is 9.51. The van der Waals surface area contributed by atoms with Crippen LogP contribution in [0.4, 0.5) is 5.69 Å². The molecule has 0 fully saturated rings. The van der Waals surface area contributed by atoms with Gasteiger partial charge in [0.1, 0.15) is 5.75 Å². The number of thioether (sulfide) groups is 1. The highest BCUT2D eigenvalue weighted by atomic mass is 32.2. The predicted octanol–water partition coefficient (Wildman–Crippen LogP) is 4.60.